The van der Waals surface area contributed by atoms with Gasteiger partial charge in [-0.1, -0.05) is 31.4 Å². The van der Waals surface area contributed by atoms with Crippen molar-refractivity contribution < 1.29 is 5.11 Å². The Bertz CT molecular complexity index is 384. The van der Waals surface area contributed by atoms with Crippen molar-refractivity contribution in [3.05, 3.63) is 29.8 Å². The third kappa shape index (κ3) is 3.05. The van der Waals surface area contributed by atoms with Crippen LogP contribution in [0.15, 0.2) is 24.3 Å². The highest BCUT2D eigenvalue weighted by atomic mass is 16.3. The van der Waals surface area contributed by atoms with E-state index in [0.29, 0.717) is 5.92 Å². The van der Waals surface area contributed by atoms with Crippen molar-refractivity contribution in [3.63, 3.8) is 0 Å². The number of aliphatic hydroxyl groups is 1. The van der Waals surface area contributed by atoms with Crippen LogP contribution in [0.3, 0.4) is 0 Å². The van der Waals surface area contributed by atoms with Gasteiger partial charge in [0.2, 0.25) is 0 Å². The Hall–Kier alpha value is -1.02. The van der Waals surface area contributed by atoms with Gasteiger partial charge in [-0.3, -0.25) is 0 Å². The molecule has 1 saturated carbocycles. The number of benzene rings is 1. The van der Waals surface area contributed by atoms with Crippen molar-refractivity contribution in [2.75, 3.05) is 11.9 Å². The van der Waals surface area contributed by atoms with E-state index in [1.807, 2.05) is 0 Å². The average Bonchev–Trinajstić information content (AvgIpc) is 2.39. The first-order valence-corrected chi connectivity index (χ1v) is 7.10. The number of rotatable bonds is 4. The SMILES string of the molecule is Cc1cccc(NC(C)(CO)C2CCCCC2)c1. The maximum atomic E-state index is 9.81. The Labute approximate surface area is 110 Å². The molecule has 0 bridgehead atoms. The van der Waals surface area contributed by atoms with Gasteiger partial charge in [0.25, 0.3) is 0 Å². The van der Waals surface area contributed by atoms with E-state index in [2.05, 4.69) is 43.4 Å². The molecule has 100 valence electrons. The fraction of sp³-hybridized carbons (Fsp3) is 0.625. The minimum Gasteiger partial charge on any atom is -0.394 e. The monoisotopic (exact) mass is 247 g/mol. The molecule has 0 spiro atoms. The van der Waals surface area contributed by atoms with E-state index in [0.717, 1.165) is 5.69 Å². The first-order valence-electron chi connectivity index (χ1n) is 7.10. The van der Waals surface area contributed by atoms with Crippen LogP contribution in [0.1, 0.15) is 44.6 Å². The lowest BCUT2D eigenvalue weighted by Gasteiger charge is -2.40. The lowest BCUT2D eigenvalue weighted by Crippen LogP contribution is -2.47. The second kappa shape index (κ2) is 5.75. The molecule has 1 aromatic rings. The summed E-state index contributed by atoms with van der Waals surface area (Å²) >= 11 is 0. The third-order valence-electron chi connectivity index (χ3n) is 4.28. The van der Waals surface area contributed by atoms with Gasteiger partial charge in [-0.15, -0.1) is 0 Å². The molecule has 1 aromatic carbocycles. The highest BCUT2D eigenvalue weighted by Crippen LogP contribution is 2.34. The summed E-state index contributed by atoms with van der Waals surface area (Å²) in [6, 6.07) is 8.40. The van der Waals surface area contributed by atoms with Gasteiger partial charge in [0.05, 0.1) is 12.1 Å². The van der Waals surface area contributed by atoms with E-state index < -0.39 is 0 Å². The van der Waals surface area contributed by atoms with Gasteiger partial charge in [-0.2, -0.15) is 0 Å². The van der Waals surface area contributed by atoms with Crippen LogP contribution in [0.25, 0.3) is 0 Å². The van der Waals surface area contributed by atoms with Crippen LogP contribution >= 0.6 is 0 Å². The van der Waals surface area contributed by atoms with Crippen molar-refractivity contribution in [1.29, 1.82) is 0 Å². The molecule has 0 aliphatic heterocycles. The molecule has 0 heterocycles. The maximum absolute atomic E-state index is 9.81. The van der Waals surface area contributed by atoms with Crippen molar-refractivity contribution in [2.45, 2.75) is 51.5 Å². The number of aliphatic hydroxyl groups excluding tert-OH is 1. The van der Waals surface area contributed by atoms with Gasteiger partial charge < -0.3 is 10.4 Å². The van der Waals surface area contributed by atoms with Crippen molar-refractivity contribution in [3.8, 4) is 0 Å². The molecule has 2 N–H and O–H groups in total. The molecule has 1 atom stereocenters. The number of aryl methyl sites for hydroxylation is 1. The highest BCUT2D eigenvalue weighted by molar-refractivity contribution is 5.47. The third-order valence-corrected chi connectivity index (χ3v) is 4.28. The van der Waals surface area contributed by atoms with Crippen LogP contribution in [0.5, 0.6) is 0 Å². The fourth-order valence-corrected chi connectivity index (χ4v) is 3.06. The van der Waals surface area contributed by atoms with Crippen LogP contribution in [0, 0.1) is 12.8 Å². The molecule has 18 heavy (non-hydrogen) atoms. The zero-order valence-electron chi connectivity index (χ0n) is 11.6. The molecule has 1 unspecified atom stereocenters. The molecule has 0 aromatic heterocycles. The second-order valence-corrected chi connectivity index (χ2v) is 5.90. The zero-order chi connectivity index (χ0) is 13.0. The molecule has 2 heteroatoms. The average molecular weight is 247 g/mol. The van der Waals surface area contributed by atoms with E-state index in [-0.39, 0.29) is 12.1 Å². The van der Waals surface area contributed by atoms with E-state index >= 15 is 0 Å². The summed E-state index contributed by atoms with van der Waals surface area (Å²) < 4.78 is 0. The van der Waals surface area contributed by atoms with Gasteiger partial charge in [0.1, 0.15) is 0 Å². The number of hydrogen-bond acceptors (Lipinski definition) is 2. The molecule has 1 fully saturated rings. The largest absolute Gasteiger partial charge is 0.394 e. The number of nitrogens with one attached hydrogen (secondary N) is 1. The minimum atomic E-state index is -0.186. The first kappa shape index (κ1) is 13.4. The van der Waals surface area contributed by atoms with Crippen LogP contribution in [0.4, 0.5) is 5.69 Å². The Morgan fingerprint density at radius 1 is 1.28 bits per heavy atom. The lowest BCUT2D eigenvalue weighted by atomic mass is 9.76. The maximum Gasteiger partial charge on any atom is 0.0661 e. The quantitative estimate of drug-likeness (QED) is 0.849. The summed E-state index contributed by atoms with van der Waals surface area (Å²) in [5.74, 6) is 0.580. The van der Waals surface area contributed by atoms with E-state index in [4.69, 9.17) is 0 Å². The molecule has 2 rings (SSSR count). The Morgan fingerprint density at radius 3 is 2.61 bits per heavy atom. The van der Waals surface area contributed by atoms with Gasteiger partial charge >= 0.3 is 0 Å². The first-order chi connectivity index (χ1) is 8.64. The van der Waals surface area contributed by atoms with E-state index in [1.54, 1.807) is 0 Å². The molecular weight excluding hydrogens is 222 g/mol. The fourth-order valence-electron chi connectivity index (χ4n) is 3.06. The smallest absolute Gasteiger partial charge is 0.0661 e. The second-order valence-electron chi connectivity index (χ2n) is 5.90. The summed E-state index contributed by atoms with van der Waals surface area (Å²) in [5.41, 5.74) is 2.19. The molecule has 0 amide bonds. The molecular formula is C16H25NO. The Kier molecular flexibility index (Phi) is 4.28. The van der Waals surface area contributed by atoms with E-state index in [9.17, 15) is 5.11 Å². The van der Waals surface area contributed by atoms with Crippen LogP contribution in [0.2, 0.25) is 0 Å². The summed E-state index contributed by atoms with van der Waals surface area (Å²) in [6.45, 7) is 4.46. The van der Waals surface area contributed by atoms with Crippen molar-refractivity contribution in [2.24, 2.45) is 5.92 Å². The van der Waals surface area contributed by atoms with Crippen molar-refractivity contribution >= 4 is 5.69 Å². The topological polar surface area (TPSA) is 32.3 Å². The van der Waals surface area contributed by atoms with Gasteiger partial charge in [0, 0.05) is 5.69 Å². The zero-order valence-corrected chi connectivity index (χ0v) is 11.6. The number of hydrogen-bond donors (Lipinski definition) is 2. The van der Waals surface area contributed by atoms with Crippen LogP contribution < -0.4 is 5.32 Å². The molecule has 0 radical (unpaired) electrons. The summed E-state index contributed by atoms with van der Waals surface area (Å²) in [4.78, 5) is 0. The van der Waals surface area contributed by atoms with E-state index in [1.165, 1.54) is 37.7 Å². The Balaban J connectivity index is 2.11. The normalized spacial score (nSPS) is 20.4. The predicted octanol–water partition coefficient (Wildman–Crippen LogP) is 3.74. The van der Waals surface area contributed by atoms with Crippen LogP contribution in [-0.2, 0) is 0 Å². The molecule has 2 nitrogen and oxygen atoms in total. The highest BCUT2D eigenvalue weighted by Gasteiger charge is 2.34. The predicted molar refractivity (Wildman–Crippen MR) is 76.9 cm³/mol. The van der Waals surface area contributed by atoms with Gasteiger partial charge in [0.15, 0.2) is 0 Å². The molecule has 0 saturated heterocycles. The van der Waals surface area contributed by atoms with Crippen LogP contribution in [-0.4, -0.2) is 17.3 Å². The molecule has 1 aliphatic rings. The minimum absolute atomic E-state index is 0.186. The van der Waals surface area contributed by atoms with Gasteiger partial charge in [-0.05, 0) is 50.3 Å². The Morgan fingerprint density at radius 2 is 2.00 bits per heavy atom. The summed E-state index contributed by atoms with van der Waals surface area (Å²) in [5, 5.41) is 13.4. The summed E-state index contributed by atoms with van der Waals surface area (Å²) in [7, 11) is 0. The molecule has 1 aliphatic carbocycles. The van der Waals surface area contributed by atoms with Crippen molar-refractivity contribution in [1.82, 2.24) is 0 Å². The standard InChI is InChI=1S/C16H25NO/c1-13-7-6-10-15(11-13)17-16(2,12-18)14-8-4-3-5-9-14/h6-7,10-11,14,17-18H,3-5,8-9,12H2,1-2H3. The van der Waals surface area contributed by atoms with Gasteiger partial charge in [-0.25, -0.2) is 0 Å². The summed E-state index contributed by atoms with van der Waals surface area (Å²) in [6.07, 6.45) is 6.42. The lowest BCUT2D eigenvalue weighted by molar-refractivity contribution is 0.144. The number of anilines is 1.